The zero-order valence-electron chi connectivity index (χ0n) is 19.4. The molecule has 0 aromatic heterocycles. The Kier molecular flexibility index (Phi) is 11.0. The molecular weight excluding hydrogens is 430 g/mol. The molecule has 1 unspecified atom stereocenters. The molecule has 0 spiro atoms. The molecule has 0 bridgehead atoms. The van der Waals surface area contributed by atoms with Gasteiger partial charge in [-0.2, -0.15) is 8.78 Å². The highest BCUT2D eigenvalue weighted by Crippen LogP contribution is 2.37. The van der Waals surface area contributed by atoms with Crippen LogP contribution in [0.3, 0.4) is 0 Å². The Morgan fingerprint density at radius 1 is 1.21 bits per heavy atom. The molecule has 1 aromatic rings. The Balaban J connectivity index is 1.81. The topological polar surface area (TPSA) is 76.0 Å². The first-order valence-corrected chi connectivity index (χ1v) is 11.7. The summed E-state index contributed by atoms with van der Waals surface area (Å²) in [6, 6.07) is 8.39. The van der Waals surface area contributed by atoms with Gasteiger partial charge in [-0.15, -0.1) is 0 Å². The van der Waals surface area contributed by atoms with Crippen LogP contribution in [0.4, 0.5) is 8.78 Å². The molecule has 5 atom stereocenters. The average molecular weight is 467 g/mol. The lowest BCUT2D eigenvalue weighted by molar-refractivity contribution is -0.148. The minimum absolute atomic E-state index is 0.0782. The third kappa shape index (κ3) is 9.64. The lowest BCUT2D eigenvalue weighted by Gasteiger charge is -2.20. The third-order valence-electron chi connectivity index (χ3n) is 5.89. The average Bonchev–Trinajstić information content (AvgIpc) is 3.06. The van der Waals surface area contributed by atoms with Crippen LogP contribution in [0, 0.1) is 11.8 Å². The van der Waals surface area contributed by atoms with Gasteiger partial charge in [0.05, 0.1) is 18.3 Å². The van der Waals surface area contributed by atoms with Crippen LogP contribution in [0.15, 0.2) is 54.6 Å². The summed E-state index contributed by atoms with van der Waals surface area (Å²) in [6.07, 6.45) is 7.20. The molecule has 0 aliphatic heterocycles. The van der Waals surface area contributed by atoms with E-state index in [2.05, 4.69) is 0 Å². The maximum Gasteiger partial charge on any atom is 0.306 e. The molecule has 0 amide bonds. The van der Waals surface area contributed by atoms with Crippen molar-refractivity contribution in [2.24, 2.45) is 11.8 Å². The highest BCUT2D eigenvalue weighted by Gasteiger charge is 2.40. The van der Waals surface area contributed by atoms with Crippen molar-refractivity contribution >= 4 is 5.97 Å². The van der Waals surface area contributed by atoms with E-state index < -0.39 is 30.7 Å². The van der Waals surface area contributed by atoms with Gasteiger partial charge >= 0.3 is 5.97 Å². The molecule has 7 heteroatoms. The van der Waals surface area contributed by atoms with E-state index in [1.54, 1.807) is 30.3 Å². The molecule has 1 fully saturated rings. The molecule has 0 radical (unpaired) electrons. The number of para-hydroxylation sites is 1. The standard InChI is InChI=1S/C26H36F2O5/c1-3-19(2)33-25(31)14-10-5-4-9-13-21-22(24(30)17-23(21)29)15-16-26(27,28)18-32-20-11-7-6-8-12-20/h4,6-9,11-12,15-16,19,21-24,29-30H,3,5,10,13-14,17-18H2,1-2H3/b9-4-,16-15+/t19?,21-,22-,23+,24-/m1/s1. The van der Waals surface area contributed by atoms with Crippen molar-refractivity contribution in [2.75, 3.05) is 6.61 Å². The van der Waals surface area contributed by atoms with Crippen molar-refractivity contribution in [1.29, 1.82) is 0 Å². The molecule has 1 aliphatic rings. The lowest BCUT2D eigenvalue weighted by Crippen LogP contribution is -2.25. The van der Waals surface area contributed by atoms with E-state index in [0.717, 1.165) is 12.5 Å². The van der Waals surface area contributed by atoms with Crippen LogP contribution < -0.4 is 4.74 Å². The fourth-order valence-electron chi connectivity index (χ4n) is 3.80. The number of esters is 1. The lowest BCUT2D eigenvalue weighted by atomic mass is 9.89. The van der Waals surface area contributed by atoms with E-state index in [9.17, 15) is 23.8 Å². The number of hydrogen-bond donors (Lipinski definition) is 2. The quantitative estimate of drug-likeness (QED) is 0.241. The fraction of sp³-hybridized carbons (Fsp3) is 0.577. The summed E-state index contributed by atoms with van der Waals surface area (Å²) < 4.78 is 38.9. The molecule has 1 saturated carbocycles. The molecule has 0 heterocycles. The molecule has 5 nitrogen and oxygen atoms in total. The van der Waals surface area contributed by atoms with Crippen LogP contribution in [-0.4, -0.2) is 47.0 Å². The number of ether oxygens (including phenoxy) is 2. The second-order valence-corrected chi connectivity index (χ2v) is 8.64. The second-order valence-electron chi connectivity index (χ2n) is 8.64. The Morgan fingerprint density at radius 2 is 1.94 bits per heavy atom. The molecule has 1 aromatic carbocycles. The summed E-state index contributed by atoms with van der Waals surface area (Å²) in [5.41, 5.74) is 0. The van der Waals surface area contributed by atoms with Crippen LogP contribution in [-0.2, 0) is 9.53 Å². The minimum Gasteiger partial charge on any atom is -0.487 e. The van der Waals surface area contributed by atoms with Gasteiger partial charge in [0, 0.05) is 18.8 Å². The number of alkyl halides is 2. The predicted octanol–water partition coefficient (Wildman–Crippen LogP) is 5.07. The SMILES string of the molecule is CCC(C)OC(=O)CCC/C=C\C[C@@H]1[C@@H](/C=C/C(F)(F)COc2ccccc2)[C@H](O)C[C@@H]1O. The number of unbranched alkanes of at least 4 members (excludes halogenated alkanes) is 1. The van der Waals surface area contributed by atoms with E-state index in [-0.39, 0.29) is 24.4 Å². The largest absolute Gasteiger partial charge is 0.487 e. The van der Waals surface area contributed by atoms with E-state index in [0.29, 0.717) is 31.4 Å². The maximum atomic E-state index is 14.3. The number of aliphatic hydroxyl groups is 2. The summed E-state index contributed by atoms with van der Waals surface area (Å²) >= 11 is 0. The van der Waals surface area contributed by atoms with Gasteiger partial charge in [0.1, 0.15) is 5.75 Å². The Labute approximate surface area is 195 Å². The smallest absolute Gasteiger partial charge is 0.306 e. The van der Waals surface area contributed by atoms with Crippen molar-refractivity contribution in [3.05, 3.63) is 54.6 Å². The first kappa shape index (κ1) is 27.0. The van der Waals surface area contributed by atoms with Crippen molar-refractivity contribution in [3.8, 4) is 5.75 Å². The van der Waals surface area contributed by atoms with Gasteiger partial charge in [0.15, 0.2) is 6.61 Å². The van der Waals surface area contributed by atoms with E-state index in [4.69, 9.17) is 9.47 Å². The van der Waals surface area contributed by atoms with Gasteiger partial charge < -0.3 is 19.7 Å². The van der Waals surface area contributed by atoms with Crippen LogP contribution in [0.1, 0.15) is 52.4 Å². The van der Waals surface area contributed by atoms with Gasteiger partial charge in [-0.05, 0) is 56.7 Å². The highest BCUT2D eigenvalue weighted by atomic mass is 19.3. The summed E-state index contributed by atoms with van der Waals surface area (Å²) in [7, 11) is 0. The van der Waals surface area contributed by atoms with E-state index >= 15 is 0 Å². The number of benzene rings is 1. The van der Waals surface area contributed by atoms with Crippen molar-refractivity contribution in [2.45, 2.75) is 76.6 Å². The van der Waals surface area contributed by atoms with Gasteiger partial charge in [-0.25, -0.2) is 0 Å². The van der Waals surface area contributed by atoms with Crippen molar-refractivity contribution < 1.29 is 33.3 Å². The Morgan fingerprint density at radius 3 is 2.64 bits per heavy atom. The fourth-order valence-corrected chi connectivity index (χ4v) is 3.80. The molecule has 0 saturated heterocycles. The highest BCUT2D eigenvalue weighted by molar-refractivity contribution is 5.69. The van der Waals surface area contributed by atoms with Crippen LogP contribution in [0.5, 0.6) is 5.75 Å². The number of carbonyl (C=O) groups excluding carboxylic acids is 1. The second kappa shape index (κ2) is 13.5. The summed E-state index contributed by atoms with van der Waals surface area (Å²) in [5.74, 6) is -3.98. The number of aliphatic hydroxyl groups excluding tert-OH is 2. The summed E-state index contributed by atoms with van der Waals surface area (Å²) in [4.78, 5) is 11.7. The predicted molar refractivity (Wildman–Crippen MR) is 123 cm³/mol. The first-order chi connectivity index (χ1) is 15.7. The molecule has 2 rings (SSSR count). The zero-order chi connectivity index (χ0) is 24.3. The van der Waals surface area contributed by atoms with E-state index in [1.807, 2.05) is 26.0 Å². The Hall–Kier alpha value is -2.25. The minimum atomic E-state index is -3.20. The van der Waals surface area contributed by atoms with Crippen molar-refractivity contribution in [1.82, 2.24) is 0 Å². The zero-order valence-corrected chi connectivity index (χ0v) is 19.4. The van der Waals surface area contributed by atoms with Crippen LogP contribution >= 0.6 is 0 Å². The number of halogens is 2. The maximum absolute atomic E-state index is 14.3. The van der Waals surface area contributed by atoms with Gasteiger partial charge in [-0.3, -0.25) is 4.79 Å². The number of rotatable bonds is 13. The normalized spacial score (nSPS) is 24.4. The number of carbonyl (C=O) groups is 1. The number of hydrogen-bond acceptors (Lipinski definition) is 5. The molecule has 2 N–H and O–H groups in total. The summed E-state index contributed by atoms with van der Waals surface area (Å²) in [6.45, 7) is 3.01. The Bertz CT molecular complexity index is 765. The van der Waals surface area contributed by atoms with Crippen LogP contribution in [0.25, 0.3) is 0 Å². The van der Waals surface area contributed by atoms with E-state index in [1.165, 1.54) is 6.08 Å². The van der Waals surface area contributed by atoms with Gasteiger partial charge in [-0.1, -0.05) is 43.4 Å². The first-order valence-electron chi connectivity index (χ1n) is 11.7. The molecule has 1 aliphatic carbocycles. The van der Waals surface area contributed by atoms with Crippen molar-refractivity contribution in [3.63, 3.8) is 0 Å². The van der Waals surface area contributed by atoms with Gasteiger partial charge in [0.25, 0.3) is 5.92 Å². The van der Waals surface area contributed by atoms with Gasteiger partial charge in [0.2, 0.25) is 0 Å². The summed E-state index contributed by atoms with van der Waals surface area (Å²) in [5, 5.41) is 20.6. The molecule has 184 valence electrons. The molecule has 33 heavy (non-hydrogen) atoms. The molecular formula is C26H36F2O5. The number of allylic oxidation sites excluding steroid dienone is 2. The van der Waals surface area contributed by atoms with Crippen LogP contribution in [0.2, 0.25) is 0 Å². The third-order valence-corrected chi connectivity index (χ3v) is 5.89. The monoisotopic (exact) mass is 466 g/mol.